The van der Waals surface area contributed by atoms with Gasteiger partial charge in [-0.25, -0.2) is 10.0 Å². The molecule has 0 atom stereocenters. The molecule has 0 saturated heterocycles. The number of hydrogen-bond acceptors (Lipinski definition) is 8. The van der Waals surface area contributed by atoms with Gasteiger partial charge < -0.3 is 26.2 Å². The lowest BCUT2D eigenvalue weighted by Gasteiger charge is -2.17. The van der Waals surface area contributed by atoms with Crippen LogP contribution in [-0.4, -0.2) is 72.2 Å². The number of hydrogen-bond donors (Lipinski definition) is 4. The van der Waals surface area contributed by atoms with E-state index in [1.165, 1.54) is 0 Å². The third kappa shape index (κ3) is 4.30. The SMILES string of the molecule is CC(C)N1N=C(CN(C)C)C(=Nc2cc(OCCO)c(N)cc2N)C1=N. The summed E-state index contributed by atoms with van der Waals surface area (Å²) in [7, 11) is 3.86. The van der Waals surface area contributed by atoms with Gasteiger partial charge in [0.15, 0.2) is 5.84 Å². The van der Waals surface area contributed by atoms with Crippen LogP contribution in [0.3, 0.4) is 0 Å². The fourth-order valence-electron chi connectivity index (χ4n) is 2.47. The van der Waals surface area contributed by atoms with Crippen LogP contribution in [0.15, 0.2) is 22.2 Å². The first-order valence-electron chi connectivity index (χ1n) is 8.36. The Morgan fingerprint density at radius 3 is 2.58 bits per heavy atom. The predicted octanol–water partition coefficient (Wildman–Crippen LogP) is 0.913. The van der Waals surface area contributed by atoms with E-state index in [4.69, 9.17) is 26.7 Å². The van der Waals surface area contributed by atoms with Crippen molar-refractivity contribution in [2.75, 3.05) is 45.3 Å². The first-order chi connectivity index (χ1) is 12.2. The van der Waals surface area contributed by atoms with Crippen LogP contribution < -0.4 is 16.2 Å². The van der Waals surface area contributed by atoms with Crippen molar-refractivity contribution in [1.82, 2.24) is 9.91 Å². The number of ether oxygens (including phenoxy) is 1. The molecule has 1 heterocycles. The second kappa shape index (κ2) is 8.15. The van der Waals surface area contributed by atoms with Gasteiger partial charge in [0.1, 0.15) is 23.8 Å². The first-order valence-corrected chi connectivity index (χ1v) is 8.36. The lowest BCUT2D eigenvalue weighted by Crippen LogP contribution is -2.33. The Bertz CT molecular complexity index is 741. The van der Waals surface area contributed by atoms with Crippen molar-refractivity contribution < 1.29 is 9.84 Å². The highest BCUT2D eigenvalue weighted by Gasteiger charge is 2.30. The van der Waals surface area contributed by atoms with Crippen LogP contribution in [-0.2, 0) is 0 Å². The van der Waals surface area contributed by atoms with E-state index in [2.05, 4.69) is 10.1 Å². The van der Waals surface area contributed by atoms with E-state index < -0.39 is 0 Å². The molecular formula is C17H27N7O2. The first kappa shape index (κ1) is 19.7. The molecule has 1 aromatic carbocycles. The van der Waals surface area contributed by atoms with Crippen molar-refractivity contribution >= 4 is 34.3 Å². The number of nitrogens with one attached hydrogen (secondary N) is 1. The third-order valence-electron chi connectivity index (χ3n) is 3.65. The predicted molar refractivity (Wildman–Crippen MR) is 106 cm³/mol. The molecular weight excluding hydrogens is 334 g/mol. The Morgan fingerprint density at radius 2 is 2.00 bits per heavy atom. The van der Waals surface area contributed by atoms with Gasteiger partial charge in [-0.05, 0) is 34.0 Å². The highest BCUT2D eigenvalue weighted by molar-refractivity contribution is 6.70. The van der Waals surface area contributed by atoms with Crippen molar-refractivity contribution in [2.24, 2.45) is 10.1 Å². The number of nitrogen functional groups attached to an aromatic ring is 2. The van der Waals surface area contributed by atoms with E-state index in [1.807, 2.05) is 32.8 Å². The maximum Gasteiger partial charge on any atom is 0.169 e. The molecule has 0 spiro atoms. The minimum atomic E-state index is -0.124. The van der Waals surface area contributed by atoms with Gasteiger partial charge in [-0.2, -0.15) is 5.10 Å². The maximum absolute atomic E-state index is 8.93. The van der Waals surface area contributed by atoms with Gasteiger partial charge in [0.25, 0.3) is 0 Å². The molecule has 0 bridgehead atoms. The maximum atomic E-state index is 8.93. The minimum Gasteiger partial charge on any atom is -0.489 e. The molecule has 142 valence electrons. The van der Waals surface area contributed by atoms with Crippen LogP contribution in [0, 0.1) is 5.41 Å². The van der Waals surface area contributed by atoms with Crippen molar-refractivity contribution in [3.63, 3.8) is 0 Å². The molecule has 26 heavy (non-hydrogen) atoms. The average Bonchev–Trinajstić information content (AvgIpc) is 2.85. The summed E-state index contributed by atoms with van der Waals surface area (Å²) in [6.07, 6.45) is 0. The number of amidine groups is 1. The van der Waals surface area contributed by atoms with Crippen LogP contribution >= 0.6 is 0 Å². The second-order valence-corrected chi connectivity index (χ2v) is 6.55. The lowest BCUT2D eigenvalue weighted by atomic mass is 10.2. The van der Waals surface area contributed by atoms with E-state index in [0.717, 1.165) is 0 Å². The second-order valence-electron chi connectivity index (χ2n) is 6.55. The standard InChI is InChI=1S/C17H27N7O2/c1-10(2)24-17(20)16(14(22-24)9-23(3)4)21-13-8-15(26-6-5-25)12(19)7-11(13)18/h7-8,10,20,25H,5-6,9,18-19H2,1-4H3. The number of nitrogens with zero attached hydrogens (tertiary/aromatic N) is 4. The van der Waals surface area contributed by atoms with Gasteiger partial charge in [-0.15, -0.1) is 0 Å². The van der Waals surface area contributed by atoms with Gasteiger partial charge in [-0.3, -0.25) is 5.41 Å². The molecule has 9 heteroatoms. The van der Waals surface area contributed by atoms with Gasteiger partial charge in [0.05, 0.1) is 23.7 Å². The lowest BCUT2D eigenvalue weighted by molar-refractivity contribution is 0.202. The highest BCUT2D eigenvalue weighted by Crippen LogP contribution is 2.34. The Hall–Kier alpha value is -2.65. The third-order valence-corrected chi connectivity index (χ3v) is 3.65. The number of aliphatic hydroxyl groups excluding tert-OH is 1. The molecule has 0 radical (unpaired) electrons. The molecule has 0 aromatic heterocycles. The van der Waals surface area contributed by atoms with Crippen molar-refractivity contribution in [3.05, 3.63) is 12.1 Å². The van der Waals surface area contributed by atoms with Crippen molar-refractivity contribution in [3.8, 4) is 5.75 Å². The summed E-state index contributed by atoms with van der Waals surface area (Å²) < 4.78 is 5.42. The largest absolute Gasteiger partial charge is 0.489 e. The van der Waals surface area contributed by atoms with E-state index in [-0.39, 0.29) is 25.1 Å². The molecule has 2 rings (SSSR count). The summed E-state index contributed by atoms with van der Waals surface area (Å²) in [5.41, 5.74) is 14.3. The van der Waals surface area contributed by atoms with Crippen molar-refractivity contribution in [1.29, 1.82) is 5.41 Å². The fraction of sp³-hybridized carbons (Fsp3) is 0.471. The molecule has 1 aliphatic heterocycles. The normalized spacial score (nSPS) is 16.1. The monoisotopic (exact) mass is 361 g/mol. The van der Waals surface area contributed by atoms with Crippen LogP contribution in [0.2, 0.25) is 0 Å². The number of aliphatic hydroxyl groups is 1. The van der Waals surface area contributed by atoms with Gasteiger partial charge >= 0.3 is 0 Å². The van der Waals surface area contributed by atoms with Crippen LogP contribution in [0.5, 0.6) is 5.75 Å². The summed E-state index contributed by atoms with van der Waals surface area (Å²) >= 11 is 0. The summed E-state index contributed by atoms with van der Waals surface area (Å²) in [5, 5.41) is 23.5. The molecule has 0 amide bonds. The molecule has 0 saturated carbocycles. The van der Waals surface area contributed by atoms with E-state index in [0.29, 0.717) is 40.8 Å². The molecule has 0 unspecified atom stereocenters. The molecule has 0 fully saturated rings. The quantitative estimate of drug-likeness (QED) is 0.533. The van der Waals surface area contributed by atoms with Gasteiger partial charge in [0, 0.05) is 18.7 Å². The fourth-order valence-corrected chi connectivity index (χ4v) is 2.47. The number of anilines is 2. The number of rotatable bonds is 7. The molecule has 9 nitrogen and oxygen atoms in total. The zero-order valence-electron chi connectivity index (χ0n) is 15.7. The van der Waals surface area contributed by atoms with Crippen LogP contribution in [0.25, 0.3) is 0 Å². The van der Waals surface area contributed by atoms with E-state index in [1.54, 1.807) is 17.1 Å². The smallest absolute Gasteiger partial charge is 0.169 e. The van der Waals surface area contributed by atoms with Crippen LogP contribution in [0.4, 0.5) is 17.1 Å². The zero-order chi connectivity index (χ0) is 19.4. The Balaban J connectivity index is 2.45. The Morgan fingerprint density at radius 1 is 1.31 bits per heavy atom. The minimum absolute atomic E-state index is 0.0413. The number of benzene rings is 1. The Kier molecular flexibility index (Phi) is 6.17. The van der Waals surface area contributed by atoms with Crippen LogP contribution in [0.1, 0.15) is 13.8 Å². The zero-order valence-corrected chi connectivity index (χ0v) is 15.7. The molecule has 6 N–H and O–H groups in total. The van der Waals surface area contributed by atoms with Gasteiger partial charge in [0.2, 0.25) is 0 Å². The van der Waals surface area contributed by atoms with E-state index in [9.17, 15) is 0 Å². The summed E-state index contributed by atoms with van der Waals surface area (Å²) in [6.45, 7) is 4.47. The summed E-state index contributed by atoms with van der Waals surface area (Å²) in [6, 6.07) is 3.22. The summed E-state index contributed by atoms with van der Waals surface area (Å²) in [4.78, 5) is 6.55. The number of aliphatic imine (C=N–C) groups is 1. The number of nitrogens with two attached hydrogens (primary N) is 2. The molecule has 1 aliphatic rings. The average molecular weight is 361 g/mol. The molecule has 1 aromatic rings. The summed E-state index contributed by atoms with van der Waals surface area (Å²) in [5.74, 6) is 0.620. The molecule has 0 aliphatic carbocycles. The van der Waals surface area contributed by atoms with Crippen molar-refractivity contribution in [2.45, 2.75) is 19.9 Å². The van der Waals surface area contributed by atoms with Gasteiger partial charge in [-0.1, -0.05) is 0 Å². The van der Waals surface area contributed by atoms with E-state index >= 15 is 0 Å². The highest BCUT2D eigenvalue weighted by atomic mass is 16.5. The topological polar surface area (TPSA) is 137 Å². The Labute approximate surface area is 153 Å². The number of hydrazone groups is 1.